The van der Waals surface area contributed by atoms with Crippen molar-refractivity contribution in [1.82, 2.24) is 14.8 Å². The molecule has 7 nitrogen and oxygen atoms in total. The molecule has 0 saturated carbocycles. The number of benzene rings is 2. The minimum absolute atomic E-state index is 0.00253. The molecule has 0 aliphatic heterocycles. The van der Waals surface area contributed by atoms with Gasteiger partial charge in [0.25, 0.3) is 5.91 Å². The second-order valence-electron chi connectivity index (χ2n) is 7.08. The van der Waals surface area contributed by atoms with Crippen molar-refractivity contribution in [3.63, 3.8) is 0 Å². The second kappa shape index (κ2) is 10.4. The predicted molar refractivity (Wildman–Crippen MR) is 133 cm³/mol. The smallest absolute Gasteiger partial charge is 0.268 e. The first-order valence-electron chi connectivity index (χ1n) is 10.3. The molecule has 0 spiro atoms. The van der Waals surface area contributed by atoms with Crippen LogP contribution in [0.15, 0.2) is 64.8 Å². The maximum Gasteiger partial charge on any atom is 0.268 e. The molecule has 0 radical (unpaired) electrons. The van der Waals surface area contributed by atoms with Crippen LogP contribution in [0, 0.1) is 11.3 Å². The fourth-order valence-electron chi connectivity index (χ4n) is 3.28. The first-order chi connectivity index (χ1) is 16.1. The van der Waals surface area contributed by atoms with E-state index in [1.54, 1.807) is 6.08 Å². The number of hydrogen-bond donors (Lipinski definition) is 1. The highest BCUT2D eigenvalue weighted by atomic mass is 79.9. The van der Waals surface area contributed by atoms with Gasteiger partial charge in [0.1, 0.15) is 29.0 Å². The van der Waals surface area contributed by atoms with Gasteiger partial charge in [-0.25, -0.2) is 0 Å². The summed E-state index contributed by atoms with van der Waals surface area (Å²) in [5.74, 6) is 0.285. The first kappa shape index (κ1) is 22.7. The summed E-state index contributed by atoms with van der Waals surface area (Å²) in [4.78, 5) is 12.6. The Morgan fingerprint density at radius 3 is 2.76 bits per heavy atom. The highest BCUT2D eigenvalue weighted by molar-refractivity contribution is 9.10. The fourth-order valence-corrected chi connectivity index (χ4v) is 4.22. The fraction of sp³-hybridized carbons (Fsp3) is 0.167. The van der Waals surface area contributed by atoms with E-state index >= 15 is 0 Å². The number of halogens is 1. The van der Waals surface area contributed by atoms with Gasteiger partial charge in [-0.1, -0.05) is 52.4 Å². The molecule has 0 bridgehead atoms. The Bertz CT molecular complexity index is 1350. The molecule has 0 saturated heterocycles. The van der Waals surface area contributed by atoms with E-state index in [1.165, 1.54) is 11.3 Å². The van der Waals surface area contributed by atoms with Crippen LogP contribution in [-0.4, -0.2) is 27.3 Å². The molecule has 2 heterocycles. The minimum atomic E-state index is -0.508. The van der Waals surface area contributed by atoms with E-state index in [0.29, 0.717) is 18.3 Å². The standard InChI is InChI=1S/C24H20BrN5O2S/c1-2-22-28-29-24(33-22)27-23(31)16(14-26)13-17-15-30(21-6-4-3-5-20(17)21)11-12-32-19-9-7-18(25)8-10-19/h3-10,13,15H,2,11-12H2,1H3,(H,27,29,31). The molecule has 0 unspecified atom stereocenters. The quantitative estimate of drug-likeness (QED) is 0.246. The number of carbonyl (C=O) groups is 1. The summed E-state index contributed by atoms with van der Waals surface area (Å²) >= 11 is 4.71. The number of nitriles is 1. The van der Waals surface area contributed by atoms with Gasteiger partial charge in [-0.05, 0) is 42.8 Å². The summed E-state index contributed by atoms with van der Waals surface area (Å²) in [6.07, 6.45) is 4.27. The van der Waals surface area contributed by atoms with Crippen molar-refractivity contribution in [2.45, 2.75) is 19.9 Å². The Balaban J connectivity index is 1.53. The van der Waals surface area contributed by atoms with Gasteiger partial charge in [0.15, 0.2) is 0 Å². The number of aromatic nitrogens is 3. The van der Waals surface area contributed by atoms with Crippen LogP contribution in [0.5, 0.6) is 5.75 Å². The summed E-state index contributed by atoms with van der Waals surface area (Å²) in [6, 6.07) is 17.6. The Kier molecular flexibility index (Phi) is 7.17. The normalized spacial score (nSPS) is 11.4. The van der Waals surface area contributed by atoms with E-state index in [9.17, 15) is 10.1 Å². The molecule has 0 aliphatic rings. The number of fused-ring (bicyclic) bond motifs is 1. The van der Waals surface area contributed by atoms with Gasteiger partial charge in [0, 0.05) is 27.1 Å². The van der Waals surface area contributed by atoms with E-state index in [2.05, 4.69) is 36.0 Å². The van der Waals surface area contributed by atoms with Crippen molar-refractivity contribution in [3.05, 3.63) is 75.3 Å². The Labute approximate surface area is 203 Å². The average molecular weight is 522 g/mol. The zero-order valence-electron chi connectivity index (χ0n) is 17.8. The molecule has 9 heteroatoms. The van der Waals surface area contributed by atoms with Gasteiger partial charge >= 0.3 is 0 Å². The van der Waals surface area contributed by atoms with Crippen molar-refractivity contribution in [1.29, 1.82) is 5.26 Å². The van der Waals surface area contributed by atoms with Crippen LogP contribution in [0.3, 0.4) is 0 Å². The molecule has 0 fully saturated rings. The molecule has 4 aromatic rings. The lowest BCUT2D eigenvalue weighted by Crippen LogP contribution is -2.13. The van der Waals surface area contributed by atoms with Crippen LogP contribution in [0.2, 0.25) is 0 Å². The summed E-state index contributed by atoms with van der Waals surface area (Å²) < 4.78 is 8.91. The van der Waals surface area contributed by atoms with Gasteiger partial charge in [-0.15, -0.1) is 10.2 Å². The largest absolute Gasteiger partial charge is 0.492 e. The highest BCUT2D eigenvalue weighted by Gasteiger charge is 2.14. The summed E-state index contributed by atoms with van der Waals surface area (Å²) in [7, 11) is 0. The molecule has 4 rings (SSSR count). The zero-order valence-corrected chi connectivity index (χ0v) is 20.2. The lowest BCUT2D eigenvalue weighted by molar-refractivity contribution is -0.112. The monoisotopic (exact) mass is 521 g/mol. The number of carbonyl (C=O) groups excluding carboxylic acids is 1. The van der Waals surface area contributed by atoms with Gasteiger partial charge < -0.3 is 9.30 Å². The Morgan fingerprint density at radius 2 is 2.03 bits per heavy atom. The predicted octanol–water partition coefficient (Wildman–Crippen LogP) is 5.44. The number of rotatable bonds is 8. The van der Waals surface area contributed by atoms with Gasteiger partial charge in [-0.2, -0.15) is 5.26 Å². The maximum absolute atomic E-state index is 12.6. The molecule has 2 aromatic heterocycles. The summed E-state index contributed by atoms with van der Waals surface area (Å²) in [6.45, 7) is 3.06. The number of anilines is 1. The van der Waals surface area contributed by atoms with Crippen molar-refractivity contribution >= 4 is 55.3 Å². The maximum atomic E-state index is 12.6. The van der Waals surface area contributed by atoms with Gasteiger partial charge in [-0.3, -0.25) is 10.1 Å². The van der Waals surface area contributed by atoms with Gasteiger partial charge in [0.2, 0.25) is 5.13 Å². The number of aryl methyl sites for hydroxylation is 1. The third-order valence-electron chi connectivity index (χ3n) is 4.89. The summed E-state index contributed by atoms with van der Waals surface area (Å²) in [5, 5.41) is 22.4. The molecule has 0 atom stereocenters. The lowest BCUT2D eigenvalue weighted by Gasteiger charge is -2.08. The van der Waals surface area contributed by atoms with Crippen LogP contribution in [0.25, 0.3) is 17.0 Å². The number of para-hydroxylation sites is 1. The molecule has 1 N–H and O–H groups in total. The van der Waals surface area contributed by atoms with E-state index in [-0.39, 0.29) is 5.57 Å². The number of nitrogens with zero attached hydrogens (tertiary/aromatic N) is 4. The van der Waals surface area contributed by atoms with E-state index in [1.807, 2.05) is 67.7 Å². The van der Waals surface area contributed by atoms with Crippen LogP contribution in [-0.2, 0) is 17.8 Å². The Hall–Kier alpha value is -3.48. The average Bonchev–Trinajstić information content (AvgIpc) is 3.43. The second-order valence-corrected chi connectivity index (χ2v) is 9.05. The van der Waals surface area contributed by atoms with Crippen LogP contribution < -0.4 is 10.1 Å². The molecule has 2 aromatic carbocycles. The van der Waals surface area contributed by atoms with E-state index < -0.39 is 5.91 Å². The van der Waals surface area contributed by atoms with Crippen molar-refractivity contribution < 1.29 is 9.53 Å². The SMILES string of the molecule is CCc1nnc(NC(=O)C(C#N)=Cc2cn(CCOc3ccc(Br)cc3)c3ccccc23)s1. The number of amides is 1. The molecule has 1 amide bonds. The Morgan fingerprint density at radius 1 is 1.24 bits per heavy atom. The van der Waals surface area contributed by atoms with Crippen molar-refractivity contribution in [3.8, 4) is 11.8 Å². The topological polar surface area (TPSA) is 92.8 Å². The van der Waals surface area contributed by atoms with E-state index in [4.69, 9.17) is 4.74 Å². The van der Waals surface area contributed by atoms with E-state index in [0.717, 1.165) is 38.1 Å². The highest BCUT2D eigenvalue weighted by Crippen LogP contribution is 2.25. The third-order valence-corrected chi connectivity index (χ3v) is 6.40. The molecule has 33 heavy (non-hydrogen) atoms. The van der Waals surface area contributed by atoms with Crippen LogP contribution in [0.1, 0.15) is 17.5 Å². The number of ether oxygens (including phenoxy) is 1. The minimum Gasteiger partial charge on any atom is -0.492 e. The number of hydrogen-bond acceptors (Lipinski definition) is 6. The van der Waals surface area contributed by atoms with Crippen molar-refractivity contribution in [2.24, 2.45) is 0 Å². The molecular formula is C24H20BrN5O2S. The molecule has 0 aliphatic carbocycles. The lowest BCUT2D eigenvalue weighted by atomic mass is 10.1. The van der Waals surface area contributed by atoms with Crippen LogP contribution in [0.4, 0.5) is 5.13 Å². The molecule has 166 valence electrons. The third kappa shape index (κ3) is 5.48. The number of nitrogens with one attached hydrogen (secondary N) is 1. The van der Waals surface area contributed by atoms with Gasteiger partial charge in [0.05, 0.1) is 6.54 Å². The molecular weight excluding hydrogens is 502 g/mol. The first-order valence-corrected chi connectivity index (χ1v) is 11.9. The van der Waals surface area contributed by atoms with Crippen LogP contribution >= 0.6 is 27.3 Å². The zero-order chi connectivity index (χ0) is 23.2. The summed E-state index contributed by atoms with van der Waals surface area (Å²) in [5.41, 5.74) is 1.78. The van der Waals surface area contributed by atoms with Crippen molar-refractivity contribution in [2.75, 3.05) is 11.9 Å².